The first-order chi connectivity index (χ1) is 8.29. The molecule has 0 aliphatic rings. The molecule has 0 aromatic heterocycles. The standard InChI is InChI=1S/C13H18N2O3/c1-13(2,3)18-12(17)15-8-9-6-4-5-7-10(9)11(14)16/h4-7H,8H2,1-3H3,(H2,14,16)(H,15,17). The molecule has 0 atom stereocenters. The zero-order chi connectivity index (χ0) is 13.8. The van der Waals surface area contributed by atoms with Crippen LogP contribution in [0.2, 0.25) is 0 Å². The van der Waals surface area contributed by atoms with Gasteiger partial charge in [-0.25, -0.2) is 4.79 Å². The smallest absolute Gasteiger partial charge is 0.407 e. The van der Waals surface area contributed by atoms with E-state index < -0.39 is 17.6 Å². The molecule has 0 unspecified atom stereocenters. The number of carbonyl (C=O) groups is 2. The number of nitrogens with one attached hydrogen (secondary N) is 1. The fourth-order valence-corrected chi connectivity index (χ4v) is 1.40. The Morgan fingerprint density at radius 1 is 1.28 bits per heavy atom. The maximum absolute atomic E-state index is 11.5. The van der Waals surface area contributed by atoms with E-state index in [-0.39, 0.29) is 6.54 Å². The Labute approximate surface area is 106 Å². The van der Waals surface area contributed by atoms with Gasteiger partial charge in [0.2, 0.25) is 5.91 Å². The van der Waals surface area contributed by atoms with Gasteiger partial charge in [-0.15, -0.1) is 0 Å². The molecule has 0 bridgehead atoms. The van der Waals surface area contributed by atoms with E-state index in [4.69, 9.17) is 10.5 Å². The van der Waals surface area contributed by atoms with Gasteiger partial charge in [-0.1, -0.05) is 18.2 Å². The molecule has 0 radical (unpaired) electrons. The second-order valence-corrected chi connectivity index (χ2v) is 4.88. The number of nitrogens with two attached hydrogens (primary N) is 1. The van der Waals surface area contributed by atoms with Gasteiger partial charge >= 0.3 is 6.09 Å². The average molecular weight is 250 g/mol. The second kappa shape index (κ2) is 5.53. The van der Waals surface area contributed by atoms with Crippen molar-refractivity contribution in [1.82, 2.24) is 5.32 Å². The van der Waals surface area contributed by atoms with Crippen LogP contribution in [-0.2, 0) is 11.3 Å². The molecule has 5 nitrogen and oxygen atoms in total. The first kappa shape index (κ1) is 14.0. The molecule has 0 heterocycles. The quantitative estimate of drug-likeness (QED) is 0.858. The summed E-state index contributed by atoms with van der Waals surface area (Å²) in [6.45, 7) is 5.55. The molecule has 18 heavy (non-hydrogen) atoms. The summed E-state index contributed by atoms with van der Waals surface area (Å²) in [5, 5.41) is 2.58. The van der Waals surface area contributed by atoms with Crippen LogP contribution in [0.5, 0.6) is 0 Å². The van der Waals surface area contributed by atoms with Crippen LogP contribution in [0.25, 0.3) is 0 Å². The van der Waals surface area contributed by atoms with Crippen LogP contribution in [0.1, 0.15) is 36.7 Å². The number of rotatable bonds is 3. The van der Waals surface area contributed by atoms with Crippen molar-refractivity contribution in [3.63, 3.8) is 0 Å². The van der Waals surface area contributed by atoms with Gasteiger partial charge in [0.25, 0.3) is 0 Å². The van der Waals surface area contributed by atoms with Gasteiger partial charge in [0.05, 0.1) is 0 Å². The Kier molecular flexibility index (Phi) is 4.31. The molecule has 0 saturated heterocycles. The predicted octanol–water partition coefficient (Wildman–Crippen LogP) is 1.81. The lowest BCUT2D eigenvalue weighted by atomic mass is 10.1. The number of hydrogen-bond acceptors (Lipinski definition) is 3. The van der Waals surface area contributed by atoms with Crippen molar-refractivity contribution in [2.45, 2.75) is 32.9 Å². The lowest BCUT2D eigenvalue weighted by molar-refractivity contribution is 0.0523. The summed E-state index contributed by atoms with van der Waals surface area (Å²) in [4.78, 5) is 22.6. The lowest BCUT2D eigenvalue weighted by Crippen LogP contribution is -2.32. The maximum Gasteiger partial charge on any atom is 0.407 e. The van der Waals surface area contributed by atoms with E-state index in [2.05, 4.69) is 5.32 Å². The maximum atomic E-state index is 11.5. The minimum absolute atomic E-state index is 0.202. The molecule has 1 aromatic rings. The SMILES string of the molecule is CC(C)(C)OC(=O)NCc1ccccc1C(N)=O. The number of carbonyl (C=O) groups excluding carboxylic acids is 2. The van der Waals surface area contributed by atoms with Crippen molar-refractivity contribution in [2.75, 3.05) is 0 Å². The highest BCUT2D eigenvalue weighted by Gasteiger charge is 2.16. The Balaban J connectivity index is 2.64. The number of alkyl carbamates (subject to hydrolysis) is 1. The molecule has 0 spiro atoms. The van der Waals surface area contributed by atoms with Gasteiger partial charge in [0, 0.05) is 12.1 Å². The van der Waals surface area contributed by atoms with Crippen molar-refractivity contribution < 1.29 is 14.3 Å². The van der Waals surface area contributed by atoms with E-state index in [1.807, 2.05) is 0 Å². The van der Waals surface area contributed by atoms with Crippen LogP contribution in [-0.4, -0.2) is 17.6 Å². The molecule has 0 fully saturated rings. The molecular weight excluding hydrogens is 232 g/mol. The van der Waals surface area contributed by atoms with Gasteiger partial charge in [-0.2, -0.15) is 0 Å². The van der Waals surface area contributed by atoms with Gasteiger partial charge in [-0.3, -0.25) is 4.79 Å². The topological polar surface area (TPSA) is 81.4 Å². The number of primary amides is 1. The minimum atomic E-state index is -0.548. The molecule has 5 heteroatoms. The van der Waals surface area contributed by atoms with Gasteiger partial charge in [0.1, 0.15) is 5.60 Å². The van der Waals surface area contributed by atoms with Crippen molar-refractivity contribution in [1.29, 1.82) is 0 Å². The third-order valence-electron chi connectivity index (χ3n) is 2.10. The van der Waals surface area contributed by atoms with Crippen LogP contribution in [0.15, 0.2) is 24.3 Å². The number of ether oxygens (including phenoxy) is 1. The molecule has 0 aliphatic heterocycles. The van der Waals surface area contributed by atoms with Crippen molar-refractivity contribution in [3.05, 3.63) is 35.4 Å². The summed E-state index contributed by atoms with van der Waals surface area (Å²) < 4.78 is 5.09. The van der Waals surface area contributed by atoms with E-state index in [0.29, 0.717) is 11.1 Å². The summed E-state index contributed by atoms with van der Waals surface area (Å²) in [6.07, 6.45) is -0.526. The molecule has 1 aromatic carbocycles. The lowest BCUT2D eigenvalue weighted by Gasteiger charge is -2.19. The first-order valence-corrected chi connectivity index (χ1v) is 5.64. The third-order valence-corrected chi connectivity index (χ3v) is 2.10. The van der Waals surface area contributed by atoms with E-state index in [1.165, 1.54) is 0 Å². The normalized spacial score (nSPS) is 10.8. The van der Waals surface area contributed by atoms with Crippen molar-refractivity contribution in [2.24, 2.45) is 5.73 Å². The summed E-state index contributed by atoms with van der Waals surface area (Å²) in [5.74, 6) is -0.517. The first-order valence-electron chi connectivity index (χ1n) is 5.64. The van der Waals surface area contributed by atoms with Crippen LogP contribution in [0.4, 0.5) is 4.79 Å². The average Bonchev–Trinajstić information content (AvgIpc) is 2.24. The summed E-state index contributed by atoms with van der Waals surface area (Å²) in [5.41, 5.74) is 5.75. The fourth-order valence-electron chi connectivity index (χ4n) is 1.40. The molecule has 2 amide bonds. The summed E-state index contributed by atoms with van der Waals surface area (Å²) in [7, 11) is 0. The van der Waals surface area contributed by atoms with Gasteiger partial charge in [0.15, 0.2) is 0 Å². The monoisotopic (exact) mass is 250 g/mol. The Morgan fingerprint density at radius 2 is 1.89 bits per heavy atom. The zero-order valence-electron chi connectivity index (χ0n) is 10.8. The molecule has 1 rings (SSSR count). The zero-order valence-corrected chi connectivity index (χ0v) is 10.8. The third kappa shape index (κ3) is 4.45. The minimum Gasteiger partial charge on any atom is -0.444 e. The molecule has 0 aliphatic carbocycles. The van der Waals surface area contributed by atoms with E-state index in [1.54, 1.807) is 45.0 Å². The largest absolute Gasteiger partial charge is 0.444 e. The highest BCUT2D eigenvalue weighted by molar-refractivity contribution is 5.94. The number of amides is 2. The van der Waals surface area contributed by atoms with E-state index in [9.17, 15) is 9.59 Å². The molecule has 3 N–H and O–H groups in total. The Hall–Kier alpha value is -2.04. The van der Waals surface area contributed by atoms with Crippen LogP contribution < -0.4 is 11.1 Å². The van der Waals surface area contributed by atoms with Crippen molar-refractivity contribution >= 4 is 12.0 Å². The van der Waals surface area contributed by atoms with Gasteiger partial charge < -0.3 is 15.8 Å². The van der Waals surface area contributed by atoms with Gasteiger partial charge in [-0.05, 0) is 32.4 Å². The molecular formula is C13H18N2O3. The van der Waals surface area contributed by atoms with Crippen LogP contribution in [0.3, 0.4) is 0 Å². The van der Waals surface area contributed by atoms with E-state index in [0.717, 1.165) is 0 Å². The highest BCUT2D eigenvalue weighted by Crippen LogP contribution is 2.09. The Bertz CT molecular complexity index is 450. The molecule has 0 saturated carbocycles. The second-order valence-electron chi connectivity index (χ2n) is 4.88. The number of benzene rings is 1. The Morgan fingerprint density at radius 3 is 2.44 bits per heavy atom. The summed E-state index contributed by atoms with van der Waals surface area (Å²) in [6, 6.07) is 6.85. The highest BCUT2D eigenvalue weighted by atomic mass is 16.6. The molecule has 98 valence electrons. The van der Waals surface area contributed by atoms with Crippen molar-refractivity contribution in [3.8, 4) is 0 Å². The predicted molar refractivity (Wildman–Crippen MR) is 68.0 cm³/mol. The van der Waals surface area contributed by atoms with E-state index >= 15 is 0 Å². The fraction of sp³-hybridized carbons (Fsp3) is 0.385. The van der Waals surface area contributed by atoms with Crippen LogP contribution >= 0.6 is 0 Å². The summed E-state index contributed by atoms with van der Waals surface area (Å²) >= 11 is 0. The number of hydrogen-bond donors (Lipinski definition) is 2. The van der Waals surface area contributed by atoms with Crippen LogP contribution in [0, 0.1) is 0 Å².